The van der Waals surface area contributed by atoms with Gasteiger partial charge in [0.15, 0.2) is 0 Å². The molecule has 1 aliphatic rings. The van der Waals surface area contributed by atoms with Crippen molar-refractivity contribution >= 4 is 33.1 Å². The zero-order valence-corrected chi connectivity index (χ0v) is 14.1. The van der Waals surface area contributed by atoms with Crippen LogP contribution in [0.2, 0.25) is 0 Å². The Kier molecular flexibility index (Phi) is 4.11. The van der Waals surface area contributed by atoms with E-state index in [-0.39, 0.29) is 23.1 Å². The lowest BCUT2D eigenvalue weighted by Gasteiger charge is -2.18. The monoisotopic (exact) mass is 343 g/mol. The number of rotatable bonds is 3. The minimum Gasteiger partial charge on any atom is -0.341 e. The summed E-state index contributed by atoms with van der Waals surface area (Å²) in [5.74, 6) is -0.221. The summed E-state index contributed by atoms with van der Waals surface area (Å²) in [7, 11) is -3.78. The van der Waals surface area contributed by atoms with Gasteiger partial charge in [-0.25, -0.2) is 0 Å². The van der Waals surface area contributed by atoms with E-state index in [9.17, 15) is 13.2 Å². The molecule has 1 amide bonds. The lowest BCUT2D eigenvalue weighted by atomic mass is 10.1. The number of carbonyl (C=O) groups excluding carboxylic acids is 1. The molecular weight excluding hydrogens is 326 g/mol. The first-order chi connectivity index (χ1) is 11.3. The highest BCUT2D eigenvalue weighted by molar-refractivity contribution is 7.90. The minimum absolute atomic E-state index is 0.108. The van der Waals surface area contributed by atoms with Crippen LogP contribution >= 0.6 is 0 Å². The number of aryl methyl sites for hydroxylation is 2. The summed E-state index contributed by atoms with van der Waals surface area (Å²) in [6.07, 6.45) is -0.152. The number of hydrogen-bond donors (Lipinski definition) is 2. The Bertz CT molecular complexity index is 949. The molecule has 0 fully saturated rings. The third-order valence-electron chi connectivity index (χ3n) is 3.67. The summed E-state index contributed by atoms with van der Waals surface area (Å²) in [4.78, 5) is 12.4. The van der Waals surface area contributed by atoms with Crippen molar-refractivity contribution in [2.75, 3.05) is 10.6 Å². The van der Waals surface area contributed by atoms with Crippen LogP contribution in [0.15, 0.2) is 51.8 Å². The van der Waals surface area contributed by atoms with Gasteiger partial charge in [0, 0.05) is 5.69 Å². The van der Waals surface area contributed by atoms with Gasteiger partial charge in [0.2, 0.25) is 5.91 Å². The molecule has 2 aromatic carbocycles. The first-order valence-corrected chi connectivity index (χ1v) is 8.86. The second kappa shape index (κ2) is 6.09. The van der Waals surface area contributed by atoms with Gasteiger partial charge in [-0.2, -0.15) is 8.42 Å². The van der Waals surface area contributed by atoms with Gasteiger partial charge in [-0.15, -0.1) is 4.40 Å². The number of carbonyl (C=O) groups is 1. The van der Waals surface area contributed by atoms with Gasteiger partial charge in [-0.05, 0) is 43.2 Å². The first-order valence-electron chi connectivity index (χ1n) is 7.42. The average Bonchev–Trinajstić information content (AvgIpc) is 2.50. The van der Waals surface area contributed by atoms with Gasteiger partial charge in [-0.3, -0.25) is 4.79 Å². The zero-order chi connectivity index (χ0) is 17.3. The molecule has 0 spiro atoms. The Labute approximate surface area is 140 Å². The van der Waals surface area contributed by atoms with E-state index in [2.05, 4.69) is 15.0 Å². The van der Waals surface area contributed by atoms with Gasteiger partial charge in [0.1, 0.15) is 10.7 Å². The fourth-order valence-electron chi connectivity index (χ4n) is 2.46. The lowest BCUT2D eigenvalue weighted by molar-refractivity contribution is -0.115. The molecule has 3 rings (SSSR count). The van der Waals surface area contributed by atoms with Crippen molar-refractivity contribution in [1.82, 2.24) is 0 Å². The highest BCUT2D eigenvalue weighted by atomic mass is 32.2. The maximum Gasteiger partial charge on any atom is 0.286 e. The summed E-state index contributed by atoms with van der Waals surface area (Å²) >= 11 is 0. The molecule has 1 aliphatic heterocycles. The maximum atomic E-state index is 12.2. The fourth-order valence-corrected chi connectivity index (χ4v) is 3.61. The van der Waals surface area contributed by atoms with E-state index in [4.69, 9.17) is 0 Å². The van der Waals surface area contributed by atoms with Crippen LogP contribution in [0.5, 0.6) is 0 Å². The summed E-state index contributed by atoms with van der Waals surface area (Å²) in [5.41, 5.74) is 3.10. The minimum atomic E-state index is -3.78. The van der Waals surface area contributed by atoms with Crippen LogP contribution < -0.4 is 10.6 Å². The molecule has 0 aliphatic carbocycles. The van der Waals surface area contributed by atoms with Crippen molar-refractivity contribution in [2.24, 2.45) is 4.40 Å². The molecular formula is C17H17N3O3S. The number of nitrogens with zero attached hydrogens (tertiary/aromatic N) is 1. The normalized spacial score (nSPS) is 15.0. The van der Waals surface area contributed by atoms with E-state index >= 15 is 0 Å². The Morgan fingerprint density at radius 2 is 1.92 bits per heavy atom. The Morgan fingerprint density at radius 3 is 2.71 bits per heavy atom. The van der Waals surface area contributed by atoms with Crippen molar-refractivity contribution in [2.45, 2.75) is 25.2 Å². The van der Waals surface area contributed by atoms with Gasteiger partial charge in [0.25, 0.3) is 10.0 Å². The van der Waals surface area contributed by atoms with Crippen LogP contribution in [-0.4, -0.2) is 20.2 Å². The number of amides is 1. The lowest BCUT2D eigenvalue weighted by Crippen LogP contribution is -2.26. The van der Waals surface area contributed by atoms with E-state index in [1.54, 1.807) is 18.2 Å². The Morgan fingerprint density at radius 1 is 1.17 bits per heavy atom. The molecule has 0 bridgehead atoms. The summed E-state index contributed by atoms with van der Waals surface area (Å²) in [5, 5.41) is 5.70. The number of fused-ring (bicyclic) bond motifs is 1. The molecule has 2 aromatic rings. The van der Waals surface area contributed by atoms with Crippen molar-refractivity contribution in [3.05, 3.63) is 53.6 Å². The third-order valence-corrected chi connectivity index (χ3v) is 5.04. The van der Waals surface area contributed by atoms with Crippen LogP contribution in [0.1, 0.15) is 17.5 Å². The molecule has 0 saturated carbocycles. The van der Waals surface area contributed by atoms with Crippen molar-refractivity contribution in [3.63, 3.8) is 0 Å². The molecule has 1 heterocycles. The molecule has 6 nitrogen and oxygen atoms in total. The molecule has 0 atom stereocenters. The molecule has 0 radical (unpaired) electrons. The predicted octanol–water partition coefficient (Wildman–Crippen LogP) is 2.84. The largest absolute Gasteiger partial charge is 0.341 e. The standard InChI is InChI=1S/C17H17N3O3S/c1-11-7-8-12(2)14(9-11)19-17(21)10-16-18-13-5-3-4-6-15(13)24(22,23)20-16/h3-9H,10H2,1-2H3,(H,18,20)(H,19,21). The molecule has 2 N–H and O–H groups in total. The molecule has 0 aromatic heterocycles. The van der Waals surface area contributed by atoms with Crippen molar-refractivity contribution < 1.29 is 13.2 Å². The zero-order valence-electron chi connectivity index (χ0n) is 13.3. The Hall–Kier alpha value is -2.67. The van der Waals surface area contributed by atoms with Crippen LogP contribution in [-0.2, 0) is 14.8 Å². The van der Waals surface area contributed by atoms with Crippen molar-refractivity contribution in [1.29, 1.82) is 0 Å². The number of sulfonamides is 1. The van der Waals surface area contributed by atoms with Crippen molar-refractivity contribution in [3.8, 4) is 0 Å². The summed E-state index contributed by atoms with van der Waals surface area (Å²) in [6, 6.07) is 12.2. The molecule has 0 saturated heterocycles. The highest BCUT2D eigenvalue weighted by Gasteiger charge is 2.25. The van der Waals surface area contributed by atoms with E-state index < -0.39 is 10.0 Å². The van der Waals surface area contributed by atoms with Crippen LogP contribution in [0.3, 0.4) is 0 Å². The predicted molar refractivity (Wildman–Crippen MR) is 93.8 cm³/mol. The second-order valence-electron chi connectivity index (χ2n) is 5.68. The molecule has 0 unspecified atom stereocenters. The smallest absolute Gasteiger partial charge is 0.286 e. The van der Waals surface area contributed by atoms with Gasteiger partial charge in [-0.1, -0.05) is 24.3 Å². The second-order valence-corrected chi connectivity index (χ2v) is 7.25. The van der Waals surface area contributed by atoms with Crippen LogP contribution in [0.4, 0.5) is 11.4 Å². The average molecular weight is 343 g/mol. The number of amidine groups is 1. The van der Waals surface area contributed by atoms with E-state index in [0.29, 0.717) is 11.4 Å². The fraction of sp³-hybridized carbons (Fsp3) is 0.176. The number of nitrogens with one attached hydrogen (secondary N) is 2. The molecule has 124 valence electrons. The summed E-state index contributed by atoms with van der Waals surface area (Å²) < 4.78 is 28.0. The van der Waals surface area contributed by atoms with Crippen LogP contribution in [0.25, 0.3) is 0 Å². The number of hydrogen-bond acceptors (Lipinski definition) is 4. The number of anilines is 2. The van der Waals surface area contributed by atoms with E-state index in [0.717, 1.165) is 11.1 Å². The Balaban J connectivity index is 1.78. The molecule has 24 heavy (non-hydrogen) atoms. The van der Waals surface area contributed by atoms with Gasteiger partial charge in [0.05, 0.1) is 12.1 Å². The number of para-hydroxylation sites is 1. The first kappa shape index (κ1) is 16.2. The maximum absolute atomic E-state index is 12.2. The number of benzene rings is 2. The highest BCUT2D eigenvalue weighted by Crippen LogP contribution is 2.27. The van der Waals surface area contributed by atoms with E-state index in [1.807, 2.05) is 32.0 Å². The third kappa shape index (κ3) is 3.30. The topological polar surface area (TPSA) is 87.6 Å². The molecule has 7 heteroatoms. The summed E-state index contributed by atoms with van der Waals surface area (Å²) in [6.45, 7) is 3.83. The quantitative estimate of drug-likeness (QED) is 0.897. The van der Waals surface area contributed by atoms with Crippen LogP contribution in [0, 0.1) is 13.8 Å². The SMILES string of the molecule is Cc1ccc(C)c(NC(=O)CC2=NS(=O)(=O)c3ccccc3N2)c1. The van der Waals surface area contributed by atoms with Gasteiger partial charge < -0.3 is 10.6 Å². The van der Waals surface area contributed by atoms with Gasteiger partial charge >= 0.3 is 0 Å². The van der Waals surface area contributed by atoms with E-state index in [1.165, 1.54) is 6.07 Å².